The van der Waals surface area contributed by atoms with Crippen molar-refractivity contribution < 1.29 is 9.32 Å². The third-order valence-electron chi connectivity index (χ3n) is 3.68. The number of halogens is 1. The Morgan fingerprint density at radius 1 is 1.04 bits per heavy atom. The number of rotatable bonds is 4. The van der Waals surface area contributed by atoms with Crippen molar-refractivity contribution in [2.75, 3.05) is 5.32 Å². The van der Waals surface area contributed by atoms with Gasteiger partial charge in [-0.2, -0.15) is 4.98 Å². The van der Waals surface area contributed by atoms with Crippen molar-refractivity contribution in [2.45, 2.75) is 0 Å². The molecule has 0 saturated heterocycles. The van der Waals surface area contributed by atoms with E-state index in [1.807, 2.05) is 41.8 Å². The van der Waals surface area contributed by atoms with E-state index >= 15 is 0 Å². The Balaban J connectivity index is 1.64. The third kappa shape index (κ3) is 3.37. The molecule has 0 spiro atoms. The zero-order chi connectivity index (χ0) is 17.9. The summed E-state index contributed by atoms with van der Waals surface area (Å²) in [6, 6.07) is 18.1. The van der Waals surface area contributed by atoms with Crippen molar-refractivity contribution in [2.24, 2.45) is 0 Å². The van der Waals surface area contributed by atoms with Gasteiger partial charge in [0.05, 0.1) is 16.1 Å². The fraction of sp³-hybridized carbons (Fsp3) is 0. The fourth-order valence-electron chi connectivity index (χ4n) is 2.42. The highest BCUT2D eigenvalue weighted by Gasteiger charge is 2.16. The Hall–Kier alpha value is -2.96. The lowest BCUT2D eigenvalue weighted by molar-refractivity contribution is 0.103. The highest BCUT2D eigenvalue weighted by Crippen LogP contribution is 2.29. The normalized spacial score (nSPS) is 10.7. The van der Waals surface area contributed by atoms with Gasteiger partial charge in [-0.15, -0.1) is 11.3 Å². The van der Waals surface area contributed by atoms with E-state index in [-0.39, 0.29) is 5.91 Å². The fourth-order valence-corrected chi connectivity index (χ4v) is 3.16. The number of carbonyl (C=O) groups is 1. The van der Waals surface area contributed by atoms with Crippen molar-refractivity contribution >= 4 is 34.5 Å². The smallest absolute Gasteiger partial charge is 0.265 e. The Morgan fingerprint density at radius 3 is 2.62 bits per heavy atom. The summed E-state index contributed by atoms with van der Waals surface area (Å²) in [7, 11) is 0. The van der Waals surface area contributed by atoms with Crippen LogP contribution in [0.4, 0.5) is 5.69 Å². The highest BCUT2D eigenvalue weighted by molar-refractivity contribution is 7.12. The summed E-state index contributed by atoms with van der Waals surface area (Å²) in [6.07, 6.45) is 0. The molecule has 128 valence electrons. The summed E-state index contributed by atoms with van der Waals surface area (Å²) in [6.45, 7) is 0. The first-order valence-electron chi connectivity index (χ1n) is 7.74. The van der Waals surface area contributed by atoms with Crippen LogP contribution in [0.5, 0.6) is 0 Å². The molecule has 5 nitrogen and oxygen atoms in total. The molecular weight excluding hydrogens is 370 g/mol. The number of thiophene rings is 1. The number of amides is 1. The minimum Gasteiger partial charge on any atom is -0.334 e. The van der Waals surface area contributed by atoms with Gasteiger partial charge in [-0.25, -0.2) is 0 Å². The maximum absolute atomic E-state index is 12.3. The summed E-state index contributed by atoms with van der Waals surface area (Å²) in [4.78, 5) is 17.4. The van der Waals surface area contributed by atoms with Crippen LogP contribution in [-0.2, 0) is 0 Å². The SMILES string of the molecule is O=C(Nc1ccccc1-c1nc(-c2ccc(Cl)cc2)no1)c1cccs1. The molecule has 0 aliphatic carbocycles. The van der Waals surface area contributed by atoms with Crippen molar-refractivity contribution in [1.82, 2.24) is 10.1 Å². The molecule has 0 unspecified atom stereocenters. The molecule has 0 fully saturated rings. The number of anilines is 1. The number of nitrogens with zero attached hydrogens (tertiary/aromatic N) is 2. The molecule has 4 aromatic rings. The first-order chi connectivity index (χ1) is 12.7. The Bertz CT molecular complexity index is 1040. The van der Waals surface area contributed by atoms with Gasteiger partial charge in [-0.3, -0.25) is 4.79 Å². The van der Waals surface area contributed by atoms with Crippen LogP contribution in [0.3, 0.4) is 0 Å². The van der Waals surface area contributed by atoms with Gasteiger partial charge in [-0.05, 0) is 47.8 Å². The number of hydrogen-bond donors (Lipinski definition) is 1. The molecule has 0 saturated carbocycles. The summed E-state index contributed by atoms with van der Waals surface area (Å²) in [5.74, 6) is 0.609. The summed E-state index contributed by atoms with van der Waals surface area (Å²) in [5, 5.41) is 9.41. The van der Waals surface area contributed by atoms with Crippen molar-refractivity contribution in [3.8, 4) is 22.8 Å². The quantitative estimate of drug-likeness (QED) is 0.516. The standard InChI is InChI=1S/C19H12ClN3O2S/c20-13-9-7-12(8-10-13)17-22-19(25-23-17)14-4-1-2-5-15(14)21-18(24)16-6-3-11-26-16/h1-11H,(H,21,24). The van der Waals surface area contributed by atoms with Gasteiger partial charge in [0.1, 0.15) is 0 Å². The van der Waals surface area contributed by atoms with Gasteiger partial charge in [0.25, 0.3) is 11.8 Å². The first kappa shape index (κ1) is 16.5. The molecule has 1 N–H and O–H groups in total. The van der Waals surface area contributed by atoms with Crippen LogP contribution in [0.15, 0.2) is 70.6 Å². The lowest BCUT2D eigenvalue weighted by Crippen LogP contribution is -2.10. The lowest BCUT2D eigenvalue weighted by atomic mass is 10.1. The van der Waals surface area contributed by atoms with Crippen molar-refractivity contribution in [1.29, 1.82) is 0 Å². The van der Waals surface area contributed by atoms with E-state index in [1.165, 1.54) is 11.3 Å². The second-order valence-electron chi connectivity index (χ2n) is 5.41. The van der Waals surface area contributed by atoms with Crippen LogP contribution < -0.4 is 5.32 Å². The van der Waals surface area contributed by atoms with Crippen LogP contribution in [0.1, 0.15) is 9.67 Å². The summed E-state index contributed by atoms with van der Waals surface area (Å²) < 4.78 is 5.41. The van der Waals surface area contributed by atoms with Crippen LogP contribution in [0.2, 0.25) is 5.02 Å². The largest absolute Gasteiger partial charge is 0.334 e. The van der Waals surface area contributed by atoms with E-state index in [0.717, 1.165) is 5.56 Å². The van der Waals surface area contributed by atoms with Gasteiger partial charge in [-0.1, -0.05) is 35.0 Å². The molecular formula is C19H12ClN3O2S. The molecule has 0 aliphatic heterocycles. The van der Waals surface area contributed by atoms with Crippen molar-refractivity contribution in [3.63, 3.8) is 0 Å². The Morgan fingerprint density at radius 2 is 1.85 bits per heavy atom. The number of para-hydroxylation sites is 1. The zero-order valence-corrected chi connectivity index (χ0v) is 14.9. The molecule has 2 aromatic carbocycles. The topological polar surface area (TPSA) is 68.0 Å². The molecule has 0 radical (unpaired) electrons. The number of benzene rings is 2. The van der Waals surface area contributed by atoms with Crippen molar-refractivity contribution in [3.05, 3.63) is 75.9 Å². The molecule has 1 amide bonds. The minimum absolute atomic E-state index is 0.176. The van der Waals surface area contributed by atoms with E-state index in [0.29, 0.717) is 32.9 Å². The minimum atomic E-state index is -0.176. The molecule has 0 atom stereocenters. The van der Waals surface area contributed by atoms with Gasteiger partial charge < -0.3 is 9.84 Å². The molecule has 2 aromatic heterocycles. The van der Waals surface area contributed by atoms with Gasteiger partial charge >= 0.3 is 0 Å². The average Bonchev–Trinajstić information content (AvgIpc) is 3.35. The summed E-state index contributed by atoms with van der Waals surface area (Å²) in [5.41, 5.74) is 2.06. The zero-order valence-electron chi connectivity index (χ0n) is 13.3. The van der Waals surface area contributed by atoms with Crippen LogP contribution in [-0.4, -0.2) is 16.0 Å². The molecule has 7 heteroatoms. The lowest BCUT2D eigenvalue weighted by Gasteiger charge is -2.07. The summed E-state index contributed by atoms with van der Waals surface area (Å²) >= 11 is 7.29. The first-order valence-corrected chi connectivity index (χ1v) is 9.00. The van der Waals surface area contributed by atoms with Gasteiger partial charge in [0, 0.05) is 10.6 Å². The van der Waals surface area contributed by atoms with E-state index in [2.05, 4.69) is 15.5 Å². The van der Waals surface area contributed by atoms with E-state index in [4.69, 9.17) is 16.1 Å². The molecule has 0 aliphatic rings. The van der Waals surface area contributed by atoms with Gasteiger partial charge in [0.2, 0.25) is 5.82 Å². The van der Waals surface area contributed by atoms with Gasteiger partial charge in [0.15, 0.2) is 0 Å². The molecule has 26 heavy (non-hydrogen) atoms. The van der Waals surface area contributed by atoms with Crippen LogP contribution in [0, 0.1) is 0 Å². The van der Waals surface area contributed by atoms with E-state index < -0.39 is 0 Å². The molecule has 4 rings (SSSR count). The average molecular weight is 382 g/mol. The predicted molar refractivity (Wildman–Crippen MR) is 102 cm³/mol. The molecule has 0 bridgehead atoms. The monoisotopic (exact) mass is 381 g/mol. The number of carbonyl (C=O) groups excluding carboxylic acids is 1. The Kier molecular flexibility index (Phi) is 4.51. The number of hydrogen-bond acceptors (Lipinski definition) is 5. The second-order valence-corrected chi connectivity index (χ2v) is 6.79. The van der Waals surface area contributed by atoms with E-state index in [9.17, 15) is 4.79 Å². The van der Waals surface area contributed by atoms with Crippen LogP contribution >= 0.6 is 22.9 Å². The number of aromatic nitrogens is 2. The number of nitrogens with one attached hydrogen (secondary N) is 1. The predicted octanol–water partition coefficient (Wildman–Crippen LogP) is 5.37. The second kappa shape index (κ2) is 7.11. The third-order valence-corrected chi connectivity index (χ3v) is 4.80. The van der Waals surface area contributed by atoms with E-state index in [1.54, 1.807) is 24.3 Å². The maximum Gasteiger partial charge on any atom is 0.265 e. The maximum atomic E-state index is 12.3. The molecule has 2 heterocycles. The Labute approximate surface area is 158 Å². The highest BCUT2D eigenvalue weighted by atomic mass is 35.5. The van der Waals surface area contributed by atoms with Crippen LogP contribution in [0.25, 0.3) is 22.8 Å².